The molecule has 1 aromatic heterocycles. The van der Waals surface area contributed by atoms with Crippen molar-refractivity contribution >= 4 is 11.9 Å². The van der Waals surface area contributed by atoms with Gasteiger partial charge in [-0.05, 0) is 98.5 Å². The number of aliphatic hydroxyl groups is 1. The van der Waals surface area contributed by atoms with Crippen molar-refractivity contribution in [1.29, 1.82) is 0 Å². The molecule has 4 aliphatic rings. The van der Waals surface area contributed by atoms with Crippen LogP contribution in [0.15, 0.2) is 36.0 Å². The van der Waals surface area contributed by atoms with E-state index in [1.54, 1.807) is 16.8 Å². The molecule has 0 radical (unpaired) electrons. The van der Waals surface area contributed by atoms with Gasteiger partial charge in [0, 0.05) is 24.3 Å². The van der Waals surface area contributed by atoms with Crippen molar-refractivity contribution in [2.24, 2.45) is 17.3 Å². The summed E-state index contributed by atoms with van der Waals surface area (Å²) in [5.41, 5.74) is 2.07. The fourth-order valence-corrected chi connectivity index (χ4v) is 9.36. The van der Waals surface area contributed by atoms with Crippen LogP contribution >= 0.6 is 0 Å². The normalized spacial score (nSPS) is 34.0. The first kappa shape index (κ1) is 31.7. The van der Waals surface area contributed by atoms with Crippen molar-refractivity contribution in [1.82, 2.24) is 20.3 Å². The number of carbonyl (C=O) groups excluding carboxylic acids is 2. The van der Waals surface area contributed by atoms with Crippen LogP contribution in [0.5, 0.6) is 5.75 Å². The summed E-state index contributed by atoms with van der Waals surface area (Å²) in [4.78, 5) is 25.2. The minimum Gasteiger partial charge on any atom is -0.508 e. The molecule has 8 atom stereocenters. The number of aromatic hydroxyl groups is 1. The highest BCUT2D eigenvalue weighted by Crippen LogP contribution is 2.66. The van der Waals surface area contributed by atoms with Gasteiger partial charge >= 0.3 is 5.97 Å². The Morgan fingerprint density at radius 1 is 1.18 bits per heavy atom. The molecule has 1 aromatic carbocycles. The Labute approximate surface area is 265 Å². The zero-order valence-electron chi connectivity index (χ0n) is 27.2. The van der Waals surface area contributed by atoms with Gasteiger partial charge in [-0.2, -0.15) is 0 Å². The van der Waals surface area contributed by atoms with E-state index in [-0.39, 0.29) is 17.4 Å². The fourth-order valence-electron chi connectivity index (χ4n) is 9.36. The Bertz CT molecular complexity index is 1470. The third-order valence-electron chi connectivity index (χ3n) is 11.8. The lowest BCUT2D eigenvalue weighted by Crippen LogP contribution is -2.52. The number of phenolic OH excluding ortho intramolecular Hbond substituents is 1. The van der Waals surface area contributed by atoms with Gasteiger partial charge in [0.1, 0.15) is 17.0 Å². The van der Waals surface area contributed by atoms with Crippen LogP contribution in [0.25, 0.3) is 0 Å². The first-order valence-corrected chi connectivity index (χ1v) is 16.7. The minimum absolute atomic E-state index is 0.0288. The Hall–Kier alpha value is -3.24. The average molecular weight is 621 g/mol. The highest BCUT2D eigenvalue weighted by atomic mass is 16.5. The van der Waals surface area contributed by atoms with E-state index in [4.69, 9.17) is 9.47 Å². The molecular formula is C35H48N4O6. The van der Waals surface area contributed by atoms with E-state index >= 15 is 0 Å². The molecule has 10 heteroatoms. The smallest absolute Gasteiger partial charge is 0.333 e. The molecule has 10 nitrogen and oxygen atoms in total. The molecule has 3 N–H and O–H groups in total. The van der Waals surface area contributed by atoms with Crippen LogP contribution in [0.1, 0.15) is 108 Å². The van der Waals surface area contributed by atoms with E-state index in [1.165, 1.54) is 25.2 Å². The van der Waals surface area contributed by atoms with Gasteiger partial charge in [-0.15, -0.1) is 5.10 Å². The van der Waals surface area contributed by atoms with Gasteiger partial charge in [0.2, 0.25) is 5.91 Å². The van der Waals surface area contributed by atoms with Crippen molar-refractivity contribution in [3.05, 3.63) is 52.9 Å². The second kappa shape index (κ2) is 12.2. The van der Waals surface area contributed by atoms with Crippen LogP contribution < -0.4 is 5.32 Å². The third kappa shape index (κ3) is 5.37. The number of benzene rings is 1. The van der Waals surface area contributed by atoms with E-state index in [0.717, 1.165) is 44.9 Å². The Kier molecular flexibility index (Phi) is 8.58. The van der Waals surface area contributed by atoms with Crippen molar-refractivity contribution in [3.63, 3.8) is 0 Å². The molecule has 2 aromatic rings. The second-order valence-corrected chi connectivity index (χ2v) is 14.0. The lowest BCUT2D eigenvalue weighted by atomic mass is 9.53. The first-order valence-electron chi connectivity index (χ1n) is 16.7. The summed E-state index contributed by atoms with van der Waals surface area (Å²) in [6, 6.07) is 4.77. The van der Waals surface area contributed by atoms with Crippen LogP contribution in [-0.2, 0) is 31.1 Å². The number of aromatic nitrogens is 3. The van der Waals surface area contributed by atoms with E-state index in [2.05, 4.69) is 42.5 Å². The monoisotopic (exact) mass is 620 g/mol. The predicted molar refractivity (Wildman–Crippen MR) is 167 cm³/mol. The molecule has 0 aliphatic heterocycles. The zero-order chi connectivity index (χ0) is 32.1. The molecule has 2 fully saturated rings. The molecule has 0 spiro atoms. The van der Waals surface area contributed by atoms with Crippen molar-refractivity contribution in [2.45, 2.75) is 121 Å². The van der Waals surface area contributed by atoms with Crippen molar-refractivity contribution < 1.29 is 29.3 Å². The second-order valence-electron chi connectivity index (χ2n) is 14.0. The molecule has 244 valence electrons. The molecule has 0 saturated heterocycles. The number of hydrogen-bond acceptors (Lipinski definition) is 8. The summed E-state index contributed by atoms with van der Waals surface area (Å²) >= 11 is 0. The van der Waals surface area contributed by atoms with Gasteiger partial charge in [-0.3, -0.25) is 4.79 Å². The Balaban J connectivity index is 1.32. The fraction of sp³-hybridized carbons (Fsp3) is 0.657. The maximum Gasteiger partial charge on any atom is 0.333 e. The van der Waals surface area contributed by atoms with Gasteiger partial charge in [-0.25, -0.2) is 9.48 Å². The Morgan fingerprint density at radius 3 is 2.67 bits per heavy atom. The number of aryl methyl sites for hydroxylation is 1. The van der Waals surface area contributed by atoms with Crippen LogP contribution in [0.2, 0.25) is 0 Å². The number of esters is 1. The van der Waals surface area contributed by atoms with Crippen LogP contribution in [-0.4, -0.2) is 62.4 Å². The van der Waals surface area contributed by atoms with Gasteiger partial charge in [0.15, 0.2) is 0 Å². The van der Waals surface area contributed by atoms with E-state index in [0.29, 0.717) is 47.6 Å². The van der Waals surface area contributed by atoms with E-state index < -0.39 is 29.8 Å². The molecule has 0 bridgehead atoms. The van der Waals surface area contributed by atoms with Gasteiger partial charge < -0.3 is 25.0 Å². The number of hydrogen-bond donors (Lipinski definition) is 3. The maximum absolute atomic E-state index is 12.8. The number of rotatable bonds is 8. The number of phenols is 1. The molecule has 0 unspecified atom stereocenters. The van der Waals surface area contributed by atoms with Crippen LogP contribution in [0.3, 0.4) is 0 Å². The van der Waals surface area contributed by atoms with Crippen LogP contribution in [0.4, 0.5) is 0 Å². The SMILES string of the molecule is CCC(CC)O[C@@H]1CC(C(=O)OC)=C[C@H](n2cc([C@]3(O)CC[C@H]4[C@@H]5CCc6cc(O)ccc6[C@H]5CC[C@@]43C)nn2)[C@H]1NC(C)=O. The van der Waals surface area contributed by atoms with Crippen molar-refractivity contribution in [3.8, 4) is 5.75 Å². The standard InChI is InChI=1S/C35H48N4O6/c1-6-24(7-2)45-30-18-22(33(42)44-5)17-29(32(30)36-20(3)40)39-19-31(37-38-39)35(43)15-13-28-27-10-8-21-16-23(41)9-11-25(21)26(27)12-14-34(28,35)4/h9,11,16-17,19,24,26-30,32,41,43H,6-8,10,12-15,18H2,1-5H3,(H,36,40)/t26-,27-,28+,29+,30-,32-,34+,35-/m1/s1. The maximum atomic E-state index is 12.8. The molecular weight excluding hydrogens is 572 g/mol. The molecule has 1 heterocycles. The number of nitrogens with one attached hydrogen (secondary N) is 1. The predicted octanol–water partition coefficient (Wildman–Crippen LogP) is 4.85. The summed E-state index contributed by atoms with van der Waals surface area (Å²) in [5, 5.41) is 34.8. The molecule has 2 saturated carbocycles. The molecule has 45 heavy (non-hydrogen) atoms. The topological polar surface area (TPSA) is 136 Å². The van der Waals surface area contributed by atoms with Gasteiger partial charge in [-0.1, -0.05) is 32.1 Å². The van der Waals surface area contributed by atoms with Crippen LogP contribution in [0, 0.1) is 17.3 Å². The Morgan fingerprint density at radius 2 is 1.96 bits per heavy atom. The first-order chi connectivity index (χ1) is 21.5. The average Bonchev–Trinajstić information content (AvgIpc) is 3.63. The quantitative estimate of drug-likeness (QED) is 0.357. The lowest BCUT2D eigenvalue weighted by molar-refractivity contribution is -0.137. The number of carbonyl (C=O) groups is 2. The lowest BCUT2D eigenvalue weighted by Gasteiger charge is -2.52. The summed E-state index contributed by atoms with van der Waals surface area (Å²) < 4.78 is 13.3. The molecule has 1 amide bonds. The number of fused-ring (bicyclic) bond motifs is 5. The van der Waals surface area contributed by atoms with Gasteiger partial charge in [0.05, 0.1) is 37.6 Å². The third-order valence-corrected chi connectivity index (χ3v) is 11.8. The van der Waals surface area contributed by atoms with E-state index in [9.17, 15) is 19.8 Å². The van der Waals surface area contributed by atoms with E-state index in [1.807, 2.05) is 12.3 Å². The minimum atomic E-state index is -1.16. The number of methoxy groups -OCH3 is 1. The summed E-state index contributed by atoms with van der Waals surface area (Å²) in [7, 11) is 1.36. The van der Waals surface area contributed by atoms with Crippen molar-refractivity contribution in [2.75, 3.05) is 7.11 Å². The van der Waals surface area contributed by atoms with Gasteiger partial charge in [0.25, 0.3) is 0 Å². The number of nitrogens with zero attached hydrogens (tertiary/aromatic N) is 3. The zero-order valence-corrected chi connectivity index (χ0v) is 27.2. The highest BCUT2D eigenvalue weighted by molar-refractivity contribution is 5.89. The highest BCUT2D eigenvalue weighted by Gasteiger charge is 2.63. The number of amides is 1. The molecule has 4 aliphatic carbocycles. The summed E-state index contributed by atoms with van der Waals surface area (Å²) in [6.07, 6.45) is 10.3. The summed E-state index contributed by atoms with van der Waals surface area (Å²) in [5.74, 6) is 0.904. The number of ether oxygens (including phenoxy) is 2. The molecule has 6 rings (SSSR count). The largest absolute Gasteiger partial charge is 0.508 e. The summed E-state index contributed by atoms with van der Waals surface area (Å²) in [6.45, 7) is 7.82.